The Morgan fingerprint density at radius 3 is 2.43 bits per heavy atom. The van der Waals surface area contributed by atoms with Crippen LogP contribution >= 0.6 is 0 Å². The van der Waals surface area contributed by atoms with Gasteiger partial charge in [0.15, 0.2) is 0 Å². The summed E-state index contributed by atoms with van der Waals surface area (Å²) in [5.74, 6) is 0.310. The highest BCUT2D eigenvalue weighted by molar-refractivity contribution is 7.91. The van der Waals surface area contributed by atoms with E-state index in [4.69, 9.17) is 0 Å². The van der Waals surface area contributed by atoms with Crippen LogP contribution in [0.25, 0.3) is 0 Å². The van der Waals surface area contributed by atoms with Crippen molar-refractivity contribution in [3.05, 3.63) is 54.1 Å². The third-order valence-corrected chi connectivity index (χ3v) is 8.16. The summed E-state index contributed by atoms with van der Waals surface area (Å²) in [5, 5.41) is 3.02. The van der Waals surface area contributed by atoms with Crippen LogP contribution < -0.4 is 5.32 Å². The molecule has 2 aliphatic heterocycles. The minimum absolute atomic E-state index is 0.0137. The van der Waals surface area contributed by atoms with E-state index in [2.05, 4.69) is 9.71 Å². The van der Waals surface area contributed by atoms with Crippen molar-refractivity contribution in [2.75, 3.05) is 18.4 Å². The Balaban J connectivity index is 1.66. The molecule has 0 unspecified atom stereocenters. The Morgan fingerprint density at radius 1 is 1.00 bits per heavy atom. The van der Waals surface area contributed by atoms with Crippen LogP contribution in [-0.4, -0.2) is 40.1 Å². The van der Waals surface area contributed by atoms with Gasteiger partial charge in [-0.3, -0.25) is 0 Å². The Hall–Kier alpha value is -2.23. The molecule has 0 radical (unpaired) electrons. The minimum Gasteiger partial charge on any atom is -0.342 e. The summed E-state index contributed by atoms with van der Waals surface area (Å²) in [5.41, 5.74) is 1.27. The number of piperidine rings is 1. The largest absolute Gasteiger partial charge is 0.342 e. The van der Waals surface area contributed by atoms with Crippen molar-refractivity contribution in [1.29, 1.82) is 0 Å². The lowest BCUT2D eigenvalue weighted by atomic mass is 10.1. The van der Waals surface area contributed by atoms with Gasteiger partial charge in [0.2, 0.25) is 10.0 Å². The molecule has 1 N–H and O–H groups in total. The maximum atomic E-state index is 12.9. The van der Waals surface area contributed by atoms with Gasteiger partial charge in [-0.25, -0.2) is 8.42 Å². The van der Waals surface area contributed by atoms with Crippen molar-refractivity contribution in [3.8, 4) is 0 Å². The molecular weight excluding hydrogens is 398 g/mol. The summed E-state index contributed by atoms with van der Waals surface area (Å²) in [7, 11) is -7.70. The van der Waals surface area contributed by atoms with Gasteiger partial charge in [0.25, 0.3) is 10.0 Å². The van der Waals surface area contributed by atoms with Gasteiger partial charge in [0.05, 0.1) is 10.6 Å². The van der Waals surface area contributed by atoms with Crippen molar-refractivity contribution >= 4 is 31.6 Å². The predicted molar refractivity (Wildman–Crippen MR) is 107 cm³/mol. The molecule has 2 aromatic rings. The van der Waals surface area contributed by atoms with Crippen molar-refractivity contribution in [2.45, 2.75) is 35.5 Å². The Morgan fingerprint density at radius 2 is 1.71 bits per heavy atom. The van der Waals surface area contributed by atoms with Gasteiger partial charge in [-0.1, -0.05) is 36.8 Å². The molecule has 9 heteroatoms. The van der Waals surface area contributed by atoms with E-state index in [-0.39, 0.29) is 9.79 Å². The highest BCUT2D eigenvalue weighted by Gasteiger charge is 2.30. The van der Waals surface area contributed by atoms with E-state index in [9.17, 15) is 16.8 Å². The molecule has 0 aliphatic carbocycles. The zero-order valence-corrected chi connectivity index (χ0v) is 16.8. The van der Waals surface area contributed by atoms with Crippen LogP contribution in [0.1, 0.15) is 24.8 Å². The van der Waals surface area contributed by atoms with Gasteiger partial charge in [0.1, 0.15) is 10.7 Å². The fraction of sp³-hybridized carbons (Fsp3) is 0.316. The number of anilines is 1. The number of hydrogen-bond acceptors (Lipinski definition) is 5. The van der Waals surface area contributed by atoms with Crippen molar-refractivity contribution in [3.63, 3.8) is 0 Å². The molecular formula is C19H21N3O4S2. The molecule has 0 spiro atoms. The van der Waals surface area contributed by atoms with Crippen LogP contribution in [0.5, 0.6) is 0 Å². The van der Waals surface area contributed by atoms with Crippen LogP contribution in [-0.2, 0) is 26.5 Å². The van der Waals surface area contributed by atoms with Crippen LogP contribution in [0.2, 0.25) is 0 Å². The van der Waals surface area contributed by atoms with E-state index in [0.29, 0.717) is 31.0 Å². The van der Waals surface area contributed by atoms with E-state index in [1.165, 1.54) is 22.5 Å². The first-order chi connectivity index (χ1) is 13.4. The lowest BCUT2D eigenvalue weighted by Crippen LogP contribution is -2.35. The molecule has 0 saturated carbocycles. The predicted octanol–water partition coefficient (Wildman–Crippen LogP) is 2.62. The maximum absolute atomic E-state index is 12.9. The van der Waals surface area contributed by atoms with Crippen LogP contribution in [0.15, 0.2) is 62.7 Å². The fourth-order valence-corrected chi connectivity index (χ4v) is 6.26. The number of nitrogens with zero attached hydrogens (tertiary/aromatic N) is 2. The normalized spacial score (nSPS) is 19.4. The van der Waals surface area contributed by atoms with Gasteiger partial charge < -0.3 is 5.32 Å². The maximum Gasteiger partial charge on any atom is 0.286 e. The summed E-state index contributed by atoms with van der Waals surface area (Å²) in [6.07, 6.45) is 2.98. The van der Waals surface area contributed by atoms with Crippen LogP contribution in [0.4, 0.5) is 5.69 Å². The zero-order chi connectivity index (χ0) is 19.8. The Labute approximate surface area is 165 Å². The van der Waals surface area contributed by atoms with Gasteiger partial charge in [-0.05, 0) is 36.6 Å². The molecule has 4 rings (SSSR count). The minimum atomic E-state index is -3.98. The molecule has 0 atom stereocenters. The van der Waals surface area contributed by atoms with Gasteiger partial charge in [0, 0.05) is 19.5 Å². The summed E-state index contributed by atoms with van der Waals surface area (Å²) < 4.78 is 56.4. The van der Waals surface area contributed by atoms with Crippen molar-refractivity contribution in [1.82, 2.24) is 4.31 Å². The second kappa shape index (κ2) is 7.31. The smallest absolute Gasteiger partial charge is 0.286 e. The van der Waals surface area contributed by atoms with Crippen molar-refractivity contribution < 1.29 is 16.8 Å². The summed E-state index contributed by atoms with van der Waals surface area (Å²) in [6.45, 7) is 0.924. The molecule has 1 saturated heterocycles. The summed E-state index contributed by atoms with van der Waals surface area (Å²) in [4.78, 5) is -0.123. The molecule has 2 aliphatic rings. The SMILES string of the molecule is O=S1(=O)N=C(Cc2ccccc2)Nc2ccc(S(=O)(=O)N3CCCCC3)cc21. The Bertz CT molecular complexity index is 1120. The molecule has 1 fully saturated rings. The van der Waals surface area contributed by atoms with E-state index < -0.39 is 20.0 Å². The second-order valence-electron chi connectivity index (χ2n) is 6.92. The first-order valence-corrected chi connectivity index (χ1v) is 12.0. The van der Waals surface area contributed by atoms with Crippen LogP contribution in [0, 0.1) is 0 Å². The fourth-order valence-electron chi connectivity index (χ4n) is 3.47. The standard InChI is InChI=1S/C19H21N3O4S2/c23-27(24)18-14-16(28(25,26)22-11-5-2-6-12-22)9-10-17(18)20-19(21-27)13-15-7-3-1-4-8-15/h1,3-4,7-10,14H,2,5-6,11-13H2,(H,20,21). The number of hydrogen-bond donors (Lipinski definition) is 1. The topological polar surface area (TPSA) is 95.9 Å². The van der Waals surface area contributed by atoms with Crippen LogP contribution in [0.3, 0.4) is 0 Å². The number of benzene rings is 2. The highest BCUT2D eigenvalue weighted by Crippen LogP contribution is 2.31. The number of nitrogens with one attached hydrogen (secondary N) is 1. The molecule has 0 amide bonds. The van der Waals surface area contributed by atoms with E-state index in [0.717, 1.165) is 24.8 Å². The first kappa shape index (κ1) is 19.1. The molecule has 28 heavy (non-hydrogen) atoms. The third kappa shape index (κ3) is 3.69. The number of fused-ring (bicyclic) bond motifs is 1. The zero-order valence-electron chi connectivity index (χ0n) is 15.2. The molecule has 0 aromatic heterocycles. The molecule has 7 nitrogen and oxygen atoms in total. The summed E-state index contributed by atoms with van der Waals surface area (Å²) >= 11 is 0. The quantitative estimate of drug-likeness (QED) is 0.822. The van der Waals surface area contributed by atoms with Crippen molar-refractivity contribution in [2.24, 2.45) is 4.40 Å². The average Bonchev–Trinajstić information content (AvgIpc) is 2.69. The van der Waals surface area contributed by atoms with Gasteiger partial charge >= 0.3 is 0 Å². The van der Waals surface area contributed by atoms with E-state index in [1.807, 2.05) is 30.3 Å². The monoisotopic (exact) mass is 419 g/mol. The number of sulfonamides is 2. The molecule has 148 valence electrons. The summed E-state index contributed by atoms with van der Waals surface area (Å²) in [6, 6.07) is 13.6. The average molecular weight is 420 g/mol. The molecule has 2 aromatic carbocycles. The van der Waals surface area contributed by atoms with Gasteiger partial charge in [-0.2, -0.15) is 12.7 Å². The first-order valence-electron chi connectivity index (χ1n) is 9.15. The molecule has 0 bridgehead atoms. The van der Waals surface area contributed by atoms with E-state index in [1.54, 1.807) is 0 Å². The number of rotatable bonds is 4. The van der Waals surface area contributed by atoms with E-state index >= 15 is 0 Å². The number of amidine groups is 1. The third-order valence-electron chi connectivity index (χ3n) is 4.91. The second-order valence-corrected chi connectivity index (χ2v) is 10.4. The lowest BCUT2D eigenvalue weighted by Gasteiger charge is -2.26. The molecule has 2 heterocycles. The lowest BCUT2D eigenvalue weighted by molar-refractivity contribution is 0.346. The van der Waals surface area contributed by atoms with Gasteiger partial charge in [-0.15, -0.1) is 4.40 Å². The Kier molecular flexibility index (Phi) is 4.98. The highest BCUT2D eigenvalue weighted by atomic mass is 32.2.